The highest BCUT2D eigenvalue weighted by Gasteiger charge is 2.31. The van der Waals surface area contributed by atoms with Gasteiger partial charge in [0.2, 0.25) is 0 Å². The quantitative estimate of drug-likeness (QED) is 0.400. The molecule has 10 nitrogen and oxygen atoms in total. The van der Waals surface area contributed by atoms with Crippen LogP contribution in [0.4, 0.5) is 0 Å². The van der Waals surface area contributed by atoms with Gasteiger partial charge in [-0.25, -0.2) is 0 Å². The second-order valence-electron chi connectivity index (χ2n) is 8.18. The molecule has 3 aromatic heterocycles. The number of carbonyl (C=O) groups excluding carboxylic acids is 1. The van der Waals surface area contributed by atoms with E-state index in [1.165, 1.54) is 0 Å². The summed E-state index contributed by atoms with van der Waals surface area (Å²) in [7, 11) is 0. The van der Waals surface area contributed by atoms with Gasteiger partial charge in [-0.3, -0.25) is 14.2 Å². The van der Waals surface area contributed by atoms with E-state index < -0.39 is 6.04 Å². The Balaban J connectivity index is 1.87. The molecular formula is C24H28N6O4. The number of fused-ring (bicyclic) bond motifs is 1. The predicted octanol–water partition coefficient (Wildman–Crippen LogP) is 2.98. The van der Waals surface area contributed by atoms with Gasteiger partial charge in [0.25, 0.3) is 17.2 Å². The number of benzene rings is 1. The number of nitrogens with two attached hydrogens (primary N) is 1. The smallest absolute Gasteiger partial charge is 0.276 e. The van der Waals surface area contributed by atoms with Crippen LogP contribution in [0.25, 0.3) is 11.1 Å². The van der Waals surface area contributed by atoms with Crippen molar-refractivity contribution in [1.29, 1.82) is 0 Å². The second kappa shape index (κ2) is 10.0. The third kappa shape index (κ3) is 4.49. The average Bonchev–Trinajstić information content (AvgIpc) is 3.44. The molecule has 1 amide bonds. The zero-order chi connectivity index (χ0) is 24.2. The Bertz CT molecular complexity index is 1340. The summed E-state index contributed by atoms with van der Waals surface area (Å²) in [4.78, 5) is 33.4. The topological polar surface area (TPSA) is 133 Å². The fraction of sp³-hybridized carbons (Fsp3) is 0.375. The summed E-state index contributed by atoms with van der Waals surface area (Å²) in [6, 6.07) is 10.7. The Morgan fingerprint density at radius 1 is 1.18 bits per heavy atom. The number of aromatic nitrogens is 4. The van der Waals surface area contributed by atoms with Crippen molar-refractivity contribution in [1.82, 2.24) is 24.8 Å². The first-order valence-electron chi connectivity index (χ1n) is 11.3. The summed E-state index contributed by atoms with van der Waals surface area (Å²) >= 11 is 0. The van der Waals surface area contributed by atoms with Crippen LogP contribution in [0, 0.1) is 13.8 Å². The molecule has 1 aromatic carbocycles. The van der Waals surface area contributed by atoms with Gasteiger partial charge in [-0.2, -0.15) is 4.98 Å². The first-order valence-corrected chi connectivity index (χ1v) is 11.3. The van der Waals surface area contributed by atoms with Gasteiger partial charge in [0, 0.05) is 12.6 Å². The predicted molar refractivity (Wildman–Crippen MR) is 125 cm³/mol. The van der Waals surface area contributed by atoms with Gasteiger partial charge >= 0.3 is 0 Å². The van der Waals surface area contributed by atoms with Gasteiger partial charge in [-0.1, -0.05) is 47.6 Å². The Morgan fingerprint density at radius 2 is 1.94 bits per heavy atom. The third-order valence-electron chi connectivity index (χ3n) is 5.75. The molecule has 0 spiro atoms. The van der Waals surface area contributed by atoms with Crippen molar-refractivity contribution in [2.24, 2.45) is 5.73 Å². The molecule has 0 aliphatic heterocycles. The molecule has 0 saturated carbocycles. The Kier molecular flexibility index (Phi) is 6.87. The number of hydrogen-bond donors (Lipinski definition) is 1. The van der Waals surface area contributed by atoms with Crippen LogP contribution in [0.5, 0.6) is 0 Å². The van der Waals surface area contributed by atoms with Crippen molar-refractivity contribution in [3.63, 3.8) is 0 Å². The van der Waals surface area contributed by atoms with E-state index in [2.05, 4.69) is 10.3 Å². The first kappa shape index (κ1) is 23.4. The molecule has 2 N–H and O–H groups in total. The molecule has 0 aliphatic rings. The van der Waals surface area contributed by atoms with Crippen LogP contribution in [0.1, 0.15) is 59.1 Å². The molecular weight excluding hydrogens is 436 g/mol. The van der Waals surface area contributed by atoms with Crippen molar-refractivity contribution in [2.45, 2.75) is 46.2 Å². The summed E-state index contributed by atoms with van der Waals surface area (Å²) in [5.41, 5.74) is 7.27. The number of aryl methyl sites for hydroxylation is 2. The molecule has 178 valence electrons. The fourth-order valence-electron chi connectivity index (χ4n) is 4.07. The number of carbonyl (C=O) groups is 1. The third-order valence-corrected chi connectivity index (χ3v) is 5.75. The molecule has 0 radical (unpaired) electrons. The molecule has 4 aromatic rings. The fourth-order valence-corrected chi connectivity index (χ4v) is 4.07. The zero-order valence-electron chi connectivity index (χ0n) is 19.5. The zero-order valence-corrected chi connectivity index (χ0v) is 19.5. The van der Waals surface area contributed by atoms with E-state index in [4.69, 9.17) is 19.8 Å². The highest BCUT2D eigenvalue weighted by molar-refractivity contribution is 5.92. The lowest BCUT2D eigenvalue weighted by atomic mass is 10.1. The molecule has 10 heteroatoms. The van der Waals surface area contributed by atoms with Crippen LogP contribution in [-0.2, 0) is 6.54 Å². The van der Waals surface area contributed by atoms with Gasteiger partial charge in [-0.05, 0) is 38.8 Å². The van der Waals surface area contributed by atoms with E-state index in [1.54, 1.807) is 29.4 Å². The maximum Gasteiger partial charge on any atom is 0.276 e. The van der Waals surface area contributed by atoms with E-state index in [9.17, 15) is 9.59 Å². The van der Waals surface area contributed by atoms with Crippen LogP contribution in [-0.4, -0.2) is 43.8 Å². The summed E-state index contributed by atoms with van der Waals surface area (Å²) < 4.78 is 12.1. The van der Waals surface area contributed by atoms with Crippen molar-refractivity contribution in [3.05, 3.63) is 75.3 Å². The lowest BCUT2D eigenvalue weighted by Gasteiger charge is -2.31. The minimum Gasteiger partial charge on any atom is -0.361 e. The first-order chi connectivity index (χ1) is 16.4. The van der Waals surface area contributed by atoms with Gasteiger partial charge in [0.05, 0.1) is 18.3 Å². The number of hydrogen-bond acceptors (Lipinski definition) is 8. The lowest BCUT2D eigenvalue weighted by Crippen LogP contribution is -2.40. The van der Waals surface area contributed by atoms with E-state index in [0.717, 1.165) is 5.56 Å². The second-order valence-corrected chi connectivity index (χ2v) is 8.18. The number of amides is 1. The number of rotatable bonds is 9. The highest BCUT2D eigenvalue weighted by Crippen LogP contribution is 2.27. The van der Waals surface area contributed by atoms with Crippen molar-refractivity contribution in [3.8, 4) is 0 Å². The Labute approximate surface area is 196 Å². The van der Waals surface area contributed by atoms with E-state index >= 15 is 0 Å². The minimum absolute atomic E-state index is 0.156. The number of nitrogens with zero attached hydrogens (tertiary/aromatic N) is 5. The molecule has 0 fully saturated rings. The lowest BCUT2D eigenvalue weighted by molar-refractivity contribution is 0.0644. The monoisotopic (exact) mass is 464 g/mol. The van der Waals surface area contributed by atoms with Crippen LogP contribution < -0.4 is 11.3 Å². The minimum atomic E-state index is -0.526. The maximum atomic E-state index is 13.6. The Hall–Kier alpha value is -3.79. The van der Waals surface area contributed by atoms with Crippen LogP contribution in [0.2, 0.25) is 0 Å². The normalized spacial score (nSPS) is 12.2. The largest absolute Gasteiger partial charge is 0.361 e. The molecule has 0 aliphatic carbocycles. The summed E-state index contributed by atoms with van der Waals surface area (Å²) in [5.74, 6) is 0.643. The molecule has 34 heavy (non-hydrogen) atoms. The van der Waals surface area contributed by atoms with Gasteiger partial charge in [0.1, 0.15) is 17.0 Å². The van der Waals surface area contributed by atoms with Crippen molar-refractivity contribution in [2.75, 3.05) is 13.1 Å². The van der Waals surface area contributed by atoms with E-state index in [0.29, 0.717) is 55.1 Å². The molecule has 0 bridgehead atoms. The van der Waals surface area contributed by atoms with Gasteiger partial charge in [-0.15, -0.1) is 0 Å². The standard InChI is InChI=1S/C24H28N6O4/c1-4-19(29(12-8-11-25)23(31)18-13-15(2)33-28-18)21-26-22-20(16(3)27-34-22)24(32)30(21)14-17-9-6-5-7-10-17/h5-7,9-10,13,19H,4,8,11-12,14,25H2,1-3H3. The van der Waals surface area contributed by atoms with Gasteiger partial charge in [0.15, 0.2) is 5.69 Å². The molecule has 3 heterocycles. The highest BCUT2D eigenvalue weighted by atomic mass is 16.5. The summed E-state index contributed by atoms with van der Waals surface area (Å²) in [6.45, 7) is 6.45. The SMILES string of the molecule is CCC(c1nc2onc(C)c2c(=O)n1Cc1ccccc1)N(CCCN)C(=O)c1cc(C)on1. The van der Waals surface area contributed by atoms with Crippen LogP contribution in [0.3, 0.4) is 0 Å². The van der Waals surface area contributed by atoms with Gasteiger partial charge < -0.3 is 19.7 Å². The average molecular weight is 465 g/mol. The Morgan fingerprint density at radius 3 is 2.59 bits per heavy atom. The maximum absolute atomic E-state index is 13.6. The molecule has 1 unspecified atom stereocenters. The molecule has 0 saturated heterocycles. The molecule has 4 rings (SSSR count). The van der Waals surface area contributed by atoms with Crippen molar-refractivity contribution >= 4 is 17.0 Å². The summed E-state index contributed by atoms with van der Waals surface area (Å²) in [6.07, 6.45) is 1.08. The van der Waals surface area contributed by atoms with E-state index in [-0.39, 0.29) is 22.9 Å². The van der Waals surface area contributed by atoms with Crippen LogP contribution in [0.15, 0.2) is 50.2 Å². The molecule has 1 atom stereocenters. The summed E-state index contributed by atoms with van der Waals surface area (Å²) in [5, 5.41) is 8.18. The van der Waals surface area contributed by atoms with Crippen LogP contribution >= 0.6 is 0 Å². The van der Waals surface area contributed by atoms with E-state index in [1.807, 2.05) is 37.3 Å². The van der Waals surface area contributed by atoms with Crippen molar-refractivity contribution < 1.29 is 13.8 Å².